The zero-order chi connectivity index (χ0) is 23.1. The van der Waals surface area contributed by atoms with Crippen LogP contribution in [0.25, 0.3) is 0 Å². The molecular weight excluding hydrogens is 410 g/mol. The van der Waals surface area contributed by atoms with Crippen LogP contribution < -0.4 is 0 Å². The Morgan fingerprint density at radius 2 is 2.09 bits per heavy atom. The average Bonchev–Trinajstić information content (AvgIpc) is 3.26. The number of hydrogen-bond acceptors (Lipinski definition) is 6. The fourth-order valence-electron chi connectivity index (χ4n) is 4.71. The van der Waals surface area contributed by atoms with Gasteiger partial charge in [0.15, 0.2) is 0 Å². The minimum atomic E-state index is -0.269. The van der Waals surface area contributed by atoms with Crippen LogP contribution in [0.4, 0.5) is 0 Å². The van der Waals surface area contributed by atoms with E-state index in [0.717, 1.165) is 31.4 Å². The van der Waals surface area contributed by atoms with E-state index in [1.807, 2.05) is 27.1 Å². The molecule has 0 unspecified atom stereocenters. The van der Waals surface area contributed by atoms with E-state index in [-0.39, 0.29) is 43.8 Å². The predicted molar refractivity (Wildman–Crippen MR) is 122 cm³/mol. The lowest BCUT2D eigenvalue weighted by Gasteiger charge is -2.36. The van der Waals surface area contributed by atoms with Gasteiger partial charge < -0.3 is 19.6 Å². The van der Waals surface area contributed by atoms with Crippen LogP contribution in [0.1, 0.15) is 65.9 Å². The van der Waals surface area contributed by atoms with Crippen molar-refractivity contribution in [3.8, 4) is 0 Å². The van der Waals surface area contributed by atoms with E-state index in [9.17, 15) is 14.7 Å². The van der Waals surface area contributed by atoms with Gasteiger partial charge in [-0.1, -0.05) is 31.4 Å². The van der Waals surface area contributed by atoms with E-state index in [1.165, 1.54) is 6.42 Å². The third kappa shape index (κ3) is 6.51. The highest BCUT2D eigenvalue weighted by Gasteiger charge is 2.30. The molecule has 182 valence electrons. The first-order valence-corrected chi connectivity index (χ1v) is 12.0. The zero-order valence-electron chi connectivity index (χ0n) is 19.8. The molecule has 3 rings (SSSR count). The minimum absolute atomic E-state index is 0. The first-order chi connectivity index (χ1) is 15.4. The number of aliphatic hydroxyl groups excluding tert-OH is 1. The molecule has 2 heterocycles. The molecule has 2 amide bonds. The molecule has 1 aliphatic heterocycles. The maximum absolute atomic E-state index is 13.0. The normalized spacial score (nSPS) is 24.9. The summed E-state index contributed by atoms with van der Waals surface area (Å²) in [5, 5.41) is 18.0. The number of ether oxygens (including phenoxy) is 1. The highest BCUT2D eigenvalue weighted by molar-refractivity contribution is 5.78. The zero-order valence-corrected chi connectivity index (χ0v) is 19.8. The van der Waals surface area contributed by atoms with Crippen LogP contribution in [0.3, 0.4) is 0 Å². The smallest absolute Gasteiger partial charge is 0.225 e. The van der Waals surface area contributed by atoms with Crippen LogP contribution in [-0.4, -0.2) is 80.6 Å². The lowest BCUT2D eigenvalue weighted by molar-refractivity contribution is -0.140. The topological polar surface area (TPSA) is 101 Å². The van der Waals surface area contributed by atoms with Gasteiger partial charge in [-0.15, -0.1) is 5.10 Å². The van der Waals surface area contributed by atoms with Gasteiger partial charge in [0.1, 0.15) is 5.69 Å². The number of likely N-dealkylation sites (N-methyl/N-ethyl adjacent to an activating group) is 1. The summed E-state index contributed by atoms with van der Waals surface area (Å²) in [5.74, 6) is 0.283. The molecule has 2 bridgehead atoms. The van der Waals surface area contributed by atoms with E-state index < -0.39 is 0 Å². The number of hydrogen-bond donors (Lipinski definition) is 1. The Bertz CT molecular complexity index is 755. The second-order valence-electron chi connectivity index (χ2n) is 9.53. The molecule has 9 nitrogen and oxygen atoms in total. The van der Waals surface area contributed by atoms with E-state index in [1.54, 1.807) is 14.5 Å². The monoisotopic (exact) mass is 451 g/mol. The van der Waals surface area contributed by atoms with Crippen molar-refractivity contribution in [2.45, 2.75) is 84.1 Å². The van der Waals surface area contributed by atoms with E-state index in [2.05, 4.69) is 10.3 Å². The van der Waals surface area contributed by atoms with Gasteiger partial charge in [0.25, 0.3) is 0 Å². The van der Waals surface area contributed by atoms with Crippen molar-refractivity contribution in [1.29, 1.82) is 0 Å². The molecule has 1 fully saturated rings. The molecular formula is C23H41N5O4. The van der Waals surface area contributed by atoms with Gasteiger partial charge in [0.2, 0.25) is 11.8 Å². The predicted octanol–water partition coefficient (Wildman–Crippen LogP) is 2.09. The number of carbonyl (C=O) groups excluding carboxylic acids is 2. The number of carbonyl (C=O) groups is 2. The highest BCUT2D eigenvalue weighted by Crippen LogP contribution is 2.26. The summed E-state index contributed by atoms with van der Waals surface area (Å²) >= 11 is 0. The van der Waals surface area contributed by atoms with Gasteiger partial charge in [-0.3, -0.25) is 14.3 Å². The van der Waals surface area contributed by atoms with Crippen molar-refractivity contribution in [2.24, 2.45) is 11.8 Å². The molecule has 3 atom stereocenters. The second-order valence-corrected chi connectivity index (χ2v) is 9.53. The summed E-state index contributed by atoms with van der Waals surface area (Å²) in [6, 6.07) is -0.269. The second kappa shape index (κ2) is 11.7. The van der Waals surface area contributed by atoms with Crippen LogP contribution >= 0.6 is 0 Å². The molecule has 0 radical (unpaired) electrons. The molecule has 1 N–H and O–H groups in total. The average molecular weight is 452 g/mol. The lowest BCUT2D eigenvalue weighted by Crippen LogP contribution is -2.48. The standard InChI is InChI=1S/C23H39N5O4.H2/c1-17-12-28(18(2)15-29)22(30)10-7-11-27-13-20(24-25-27)16-32-21(17)14-26(3)23(31)19-8-5-4-6-9-19;/h13,17-19,21,29H,4-12,14-16H2,1-3H3;1H/t17-,18-,21-;/m0./s1. The SMILES string of the molecule is C[C@H]1CN([C@@H](C)CO)C(=O)CCCn2cc(nn2)CO[C@H]1CN(C)C(=O)C1CCCCC1.[HH]. The van der Waals surface area contributed by atoms with Crippen LogP contribution in [0.15, 0.2) is 6.20 Å². The third-order valence-corrected chi connectivity index (χ3v) is 6.83. The molecule has 0 spiro atoms. The van der Waals surface area contributed by atoms with E-state index in [0.29, 0.717) is 39.1 Å². The van der Waals surface area contributed by atoms with Crippen LogP contribution in [-0.2, 0) is 27.5 Å². The summed E-state index contributed by atoms with van der Waals surface area (Å²) < 4.78 is 8.00. The molecule has 32 heavy (non-hydrogen) atoms. The number of nitrogens with zero attached hydrogens (tertiary/aromatic N) is 5. The molecule has 1 aromatic heterocycles. The summed E-state index contributed by atoms with van der Waals surface area (Å²) in [6.07, 6.45) is 8.01. The largest absolute Gasteiger partial charge is 0.394 e. The Morgan fingerprint density at radius 1 is 1.34 bits per heavy atom. The fourth-order valence-corrected chi connectivity index (χ4v) is 4.71. The number of aromatic nitrogens is 3. The molecule has 1 saturated carbocycles. The first-order valence-electron chi connectivity index (χ1n) is 12.0. The molecule has 9 heteroatoms. The van der Waals surface area contributed by atoms with Crippen molar-refractivity contribution in [1.82, 2.24) is 24.8 Å². The Morgan fingerprint density at radius 3 is 2.81 bits per heavy atom. The Hall–Kier alpha value is -2.00. The Labute approximate surface area is 192 Å². The number of aryl methyl sites for hydroxylation is 1. The van der Waals surface area contributed by atoms with Crippen molar-refractivity contribution in [3.05, 3.63) is 11.9 Å². The minimum Gasteiger partial charge on any atom is -0.394 e. The van der Waals surface area contributed by atoms with Crippen molar-refractivity contribution < 1.29 is 20.9 Å². The van der Waals surface area contributed by atoms with Gasteiger partial charge >= 0.3 is 0 Å². The Kier molecular flexibility index (Phi) is 9.04. The number of fused-ring (bicyclic) bond motifs is 2. The van der Waals surface area contributed by atoms with Gasteiger partial charge in [-0.25, -0.2) is 0 Å². The van der Waals surface area contributed by atoms with Crippen molar-refractivity contribution in [2.75, 3.05) is 26.7 Å². The lowest BCUT2D eigenvalue weighted by atomic mass is 9.88. The summed E-state index contributed by atoms with van der Waals surface area (Å²) in [4.78, 5) is 29.5. The van der Waals surface area contributed by atoms with Crippen molar-refractivity contribution in [3.63, 3.8) is 0 Å². The van der Waals surface area contributed by atoms with E-state index >= 15 is 0 Å². The maximum Gasteiger partial charge on any atom is 0.225 e. The Balaban J connectivity index is 0.00000385. The molecule has 1 aliphatic carbocycles. The third-order valence-electron chi connectivity index (χ3n) is 6.83. The fraction of sp³-hybridized carbons (Fsp3) is 0.826. The molecule has 0 saturated heterocycles. The maximum atomic E-state index is 13.0. The molecule has 0 aromatic carbocycles. The van der Waals surface area contributed by atoms with Crippen LogP contribution in [0, 0.1) is 11.8 Å². The van der Waals surface area contributed by atoms with Gasteiger partial charge in [0, 0.05) is 46.4 Å². The summed E-state index contributed by atoms with van der Waals surface area (Å²) in [7, 11) is 1.85. The van der Waals surface area contributed by atoms with Crippen molar-refractivity contribution >= 4 is 11.8 Å². The molecule has 2 aliphatic rings. The van der Waals surface area contributed by atoms with E-state index in [4.69, 9.17) is 4.74 Å². The summed E-state index contributed by atoms with van der Waals surface area (Å²) in [5.41, 5.74) is 0.745. The first kappa shape index (κ1) is 24.6. The van der Waals surface area contributed by atoms with Gasteiger partial charge in [0.05, 0.1) is 31.6 Å². The summed E-state index contributed by atoms with van der Waals surface area (Å²) in [6.45, 7) is 5.67. The number of aliphatic hydroxyl groups is 1. The van der Waals surface area contributed by atoms with Gasteiger partial charge in [-0.2, -0.15) is 0 Å². The van der Waals surface area contributed by atoms with Crippen LogP contribution in [0.2, 0.25) is 0 Å². The quantitative estimate of drug-likeness (QED) is 0.736. The van der Waals surface area contributed by atoms with Gasteiger partial charge in [-0.05, 0) is 26.2 Å². The molecule has 1 aromatic rings. The number of rotatable bonds is 5. The highest BCUT2D eigenvalue weighted by atomic mass is 16.5. The number of amides is 2. The van der Waals surface area contributed by atoms with Crippen LogP contribution in [0.5, 0.6) is 0 Å².